The van der Waals surface area contributed by atoms with Crippen LogP contribution in [0.2, 0.25) is 0 Å². The molecule has 2 bridgehead atoms. The van der Waals surface area contributed by atoms with Gasteiger partial charge in [-0.3, -0.25) is 4.79 Å². The summed E-state index contributed by atoms with van der Waals surface area (Å²) in [7, 11) is 0. The molecule has 3 heterocycles. The van der Waals surface area contributed by atoms with Crippen molar-refractivity contribution < 1.29 is 19.4 Å². The van der Waals surface area contributed by atoms with E-state index in [0.717, 1.165) is 24.3 Å². The molecule has 0 radical (unpaired) electrons. The molecule has 4 rings (SSSR count). The van der Waals surface area contributed by atoms with Gasteiger partial charge in [0.05, 0.1) is 12.2 Å². The summed E-state index contributed by atoms with van der Waals surface area (Å²) in [4.78, 5) is 10.6. The van der Waals surface area contributed by atoms with Crippen LogP contribution in [0.4, 0.5) is 0 Å². The predicted molar refractivity (Wildman–Crippen MR) is 107 cm³/mol. The quantitative estimate of drug-likeness (QED) is 0.348. The molecule has 0 aromatic heterocycles. The minimum absolute atomic E-state index is 0.250. The van der Waals surface area contributed by atoms with E-state index >= 15 is 0 Å². The van der Waals surface area contributed by atoms with Gasteiger partial charge in [0.15, 0.2) is 0 Å². The monoisotopic (exact) mass is 388 g/mol. The average molecular weight is 389 g/mol. The van der Waals surface area contributed by atoms with E-state index in [1.165, 1.54) is 12.0 Å². The molecule has 1 aromatic rings. The maximum Gasteiger partial charge on any atom is 0.303 e. The number of unbranched alkanes of at least 4 members (excludes halogenated alkanes) is 1. The number of carbonyl (C=O) groups is 1. The Morgan fingerprint density at radius 3 is 2.56 bits per heavy atom. The molecule has 4 nitrogen and oxygen atoms in total. The van der Waals surface area contributed by atoms with Crippen molar-refractivity contribution in [2.75, 3.05) is 5.75 Å². The fraction of sp³-hybridized carbons (Fsp3) is 0.591. The van der Waals surface area contributed by atoms with E-state index in [1.807, 2.05) is 11.8 Å². The van der Waals surface area contributed by atoms with Crippen LogP contribution in [0.1, 0.15) is 37.7 Å². The van der Waals surface area contributed by atoms with Crippen LogP contribution >= 0.6 is 11.8 Å². The summed E-state index contributed by atoms with van der Waals surface area (Å²) >= 11 is 2.01. The zero-order chi connectivity index (χ0) is 18.6. The van der Waals surface area contributed by atoms with Crippen molar-refractivity contribution in [2.24, 2.45) is 11.8 Å². The van der Waals surface area contributed by atoms with Gasteiger partial charge in [0.1, 0.15) is 12.2 Å². The first-order chi connectivity index (χ1) is 13.2. The Morgan fingerprint density at radius 1 is 1.04 bits per heavy atom. The molecule has 0 saturated carbocycles. The smallest absolute Gasteiger partial charge is 0.303 e. The lowest BCUT2D eigenvalue weighted by Crippen LogP contribution is -2.33. The second kappa shape index (κ2) is 8.80. The third-order valence-corrected chi connectivity index (χ3v) is 7.02. The van der Waals surface area contributed by atoms with E-state index in [0.29, 0.717) is 36.6 Å². The number of allylic oxidation sites excluding steroid dienone is 2. The third-order valence-electron chi connectivity index (χ3n) is 5.96. The molecule has 0 aliphatic carbocycles. The average Bonchev–Trinajstić information content (AvgIpc) is 3.30. The molecule has 1 aromatic carbocycles. The van der Waals surface area contributed by atoms with Crippen molar-refractivity contribution in [1.29, 1.82) is 0 Å². The van der Waals surface area contributed by atoms with Gasteiger partial charge in [0, 0.05) is 12.2 Å². The SMILES string of the molecule is O=C(O)CCC/C=C\C[C@H]1[C@@H](CCSCc2ccccc2)[C@@H]2O[C@H]1[C@@H]1O[C@@H]12. The Labute approximate surface area is 165 Å². The van der Waals surface area contributed by atoms with E-state index < -0.39 is 5.97 Å². The zero-order valence-corrected chi connectivity index (χ0v) is 16.4. The summed E-state index contributed by atoms with van der Waals surface area (Å²) in [6, 6.07) is 10.6. The maximum absolute atomic E-state index is 10.6. The summed E-state index contributed by atoms with van der Waals surface area (Å²) < 4.78 is 12.1. The van der Waals surface area contributed by atoms with Crippen molar-refractivity contribution in [3.05, 3.63) is 48.0 Å². The number of carboxylic acid groups (broad SMARTS) is 1. The minimum atomic E-state index is -0.713. The predicted octanol–water partition coefficient (Wildman–Crippen LogP) is 4.29. The van der Waals surface area contributed by atoms with Crippen molar-refractivity contribution in [3.8, 4) is 0 Å². The van der Waals surface area contributed by atoms with Gasteiger partial charge in [0.25, 0.3) is 0 Å². The topological polar surface area (TPSA) is 59.1 Å². The molecular weight excluding hydrogens is 360 g/mol. The van der Waals surface area contributed by atoms with Crippen LogP contribution in [-0.2, 0) is 20.0 Å². The molecule has 1 N–H and O–H groups in total. The number of thioether (sulfide) groups is 1. The first-order valence-corrected chi connectivity index (χ1v) is 11.2. The van der Waals surface area contributed by atoms with Gasteiger partial charge < -0.3 is 14.6 Å². The Morgan fingerprint density at radius 2 is 1.78 bits per heavy atom. The summed E-state index contributed by atoms with van der Waals surface area (Å²) in [5.74, 6) is 2.65. The molecule has 6 atom stereocenters. The molecule has 0 spiro atoms. The molecular formula is C22H28O4S. The van der Waals surface area contributed by atoms with Gasteiger partial charge in [-0.15, -0.1) is 0 Å². The highest BCUT2D eigenvalue weighted by atomic mass is 32.2. The van der Waals surface area contributed by atoms with Gasteiger partial charge in [-0.1, -0.05) is 42.5 Å². The van der Waals surface area contributed by atoms with Gasteiger partial charge in [-0.05, 0) is 48.8 Å². The fourth-order valence-corrected chi connectivity index (χ4v) is 5.60. The van der Waals surface area contributed by atoms with Crippen LogP contribution in [0.15, 0.2) is 42.5 Å². The zero-order valence-electron chi connectivity index (χ0n) is 15.5. The van der Waals surface area contributed by atoms with Crippen molar-refractivity contribution in [2.45, 2.75) is 62.3 Å². The van der Waals surface area contributed by atoms with Crippen molar-refractivity contribution in [1.82, 2.24) is 0 Å². The van der Waals surface area contributed by atoms with Gasteiger partial charge in [-0.25, -0.2) is 0 Å². The molecule has 27 heavy (non-hydrogen) atoms. The normalized spacial score (nSPS) is 33.5. The number of hydrogen-bond donors (Lipinski definition) is 1. The van der Waals surface area contributed by atoms with Crippen LogP contribution < -0.4 is 0 Å². The highest BCUT2D eigenvalue weighted by Crippen LogP contribution is 2.56. The molecule has 146 valence electrons. The molecule has 3 fully saturated rings. The number of epoxide rings is 1. The van der Waals surface area contributed by atoms with E-state index in [9.17, 15) is 4.79 Å². The molecule has 3 saturated heterocycles. The van der Waals surface area contributed by atoms with Crippen LogP contribution in [0.25, 0.3) is 0 Å². The molecule has 0 unspecified atom stereocenters. The number of aliphatic carboxylic acids is 1. The summed E-state index contributed by atoms with van der Waals surface area (Å²) in [6.07, 6.45) is 9.65. The number of fused-ring (bicyclic) bond motifs is 5. The van der Waals surface area contributed by atoms with Gasteiger partial charge in [0.2, 0.25) is 0 Å². The number of hydrogen-bond acceptors (Lipinski definition) is 4. The Hall–Kier alpha value is -1.30. The minimum Gasteiger partial charge on any atom is -0.481 e. The number of ether oxygens (including phenoxy) is 2. The molecule has 5 heteroatoms. The first kappa shape index (κ1) is 19.0. The lowest BCUT2D eigenvalue weighted by Gasteiger charge is -2.25. The number of rotatable bonds is 11. The summed E-state index contributed by atoms with van der Waals surface area (Å²) in [5.41, 5.74) is 1.39. The van der Waals surface area contributed by atoms with Crippen LogP contribution in [-0.4, -0.2) is 41.2 Å². The van der Waals surface area contributed by atoms with Crippen molar-refractivity contribution in [3.63, 3.8) is 0 Å². The van der Waals surface area contributed by atoms with Crippen LogP contribution in [0, 0.1) is 11.8 Å². The number of carboxylic acids is 1. The second-order valence-corrected chi connectivity index (χ2v) is 8.88. The molecule has 3 aliphatic rings. The Bertz CT molecular complexity index is 662. The second-order valence-electron chi connectivity index (χ2n) is 7.78. The standard InChI is InChI=1S/C22H28O4S/c23-18(24)11-7-2-1-6-10-16-17(20-22-21(26-22)19(16)25-20)12-13-27-14-15-8-4-3-5-9-15/h1,3-6,8-9,16-17,19-22H,2,7,10-14H2,(H,23,24)/b6-1-/t16-,17+,19+,20-,21-,22+/m0/s1. The number of benzene rings is 1. The first-order valence-electron chi connectivity index (χ1n) is 10.0. The summed E-state index contributed by atoms with van der Waals surface area (Å²) in [6.45, 7) is 0. The Balaban J connectivity index is 1.23. The van der Waals surface area contributed by atoms with Gasteiger partial charge in [-0.2, -0.15) is 11.8 Å². The van der Waals surface area contributed by atoms with Crippen molar-refractivity contribution >= 4 is 17.7 Å². The maximum atomic E-state index is 10.6. The Kier molecular flexibility index (Phi) is 6.21. The lowest BCUT2D eigenvalue weighted by molar-refractivity contribution is -0.137. The summed E-state index contributed by atoms with van der Waals surface area (Å²) in [5, 5.41) is 8.70. The fourth-order valence-electron chi connectivity index (χ4n) is 4.59. The third kappa shape index (κ3) is 4.58. The largest absolute Gasteiger partial charge is 0.481 e. The van der Waals surface area contributed by atoms with Crippen LogP contribution in [0.5, 0.6) is 0 Å². The highest BCUT2D eigenvalue weighted by Gasteiger charge is 2.68. The van der Waals surface area contributed by atoms with Crippen LogP contribution in [0.3, 0.4) is 0 Å². The van der Waals surface area contributed by atoms with E-state index in [2.05, 4.69) is 42.5 Å². The van der Waals surface area contributed by atoms with E-state index in [-0.39, 0.29) is 12.5 Å². The van der Waals surface area contributed by atoms with Gasteiger partial charge >= 0.3 is 5.97 Å². The molecule has 3 aliphatic heterocycles. The highest BCUT2D eigenvalue weighted by molar-refractivity contribution is 7.98. The molecule has 0 amide bonds. The lowest BCUT2D eigenvalue weighted by atomic mass is 9.76. The van der Waals surface area contributed by atoms with E-state index in [1.54, 1.807) is 0 Å². The van der Waals surface area contributed by atoms with E-state index in [4.69, 9.17) is 14.6 Å².